The van der Waals surface area contributed by atoms with Gasteiger partial charge in [-0.2, -0.15) is 0 Å². The summed E-state index contributed by atoms with van der Waals surface area (Å²) in [5, 5.41) is 5.52. The van der Waals surface area contributed by atoms with Crippen molar-refractivity contribution >= 4 is 23.9 Å². The highest BCUT2D eigenvalue weighted by Crippen LogP contribution is 2.28. The molecule has 0 bridgehead atoms. The first-order valence-electron chi connectivity index (χ1n) is 13.0. The molecular formula is C28H45N3O6. The number of hydrogen-bond donors (Lipinski definition) is 2. The fourth-order valence-corrected chi connectivity index (χ4v) is 3.93. The number of alkyl carbamates (subject to hydrolysis) is 1. The second-order valence-corrected chi connectivity index (χ2v) is 10.8. The third-order valence-corrected chi connectivity index (χ3v) is 5.45. The van der Waals surface area contributed by atoms with Gasteiger partial charge in [-0.25, -0.2) is 4.79 Å². The van der Waals surface area contributed by atoms with Crippen LogP contribution in [0.15, 0.2) is 24.3 Å². The number of ether oxygens (including phenoxy) is 2. The summed E-state index contributed by atoms with van der Waals surface area (Å²) in [5.74, 6) is -1.12. The SMILES string of the molecule is CCOC(=O)CCNC(=O)C(c1ccccc1C)N(C(=O)C(CC(C)C)NC(=O)OC(C)(C)C)C(C)C. The maximum absolute atomic E-state index is 14.0. The molecule has 37 heavy (non-hydrogen) atoms. The molecule has 0 aromatic heterocycles. The van der Waals surface area contributed by atoms with Crippen LogP contribution in [0.3, 0.4) is 0 Å². The summed E-state index contributed by atoms with van der Waals surface area (Å²) in [5.41, 5.74) is 0.779. The van der Waals surface area contributed by atoms with Crippen molar-refractivity contribution in [3.8, 4) is 0 Å². The Hall–Kier alpha value is -3.10. The van der Waals surface area contributed by atoms with E-state index in [1.54, 1.807) is 27.7 Å². The van der Waals surface area contributed by atoms with Crippen molar-refractivity contribution in [2.45, 2.75) is 98.9 Å². The zero-order valence-corrected chi connectivity index (χ0v) is 23.8. The number of amides is 3. The van der Waals surface area contributed by atoms with Crippen molar-refractivity contribution in [3.63, 3.8) is 0 Å². The zero-order valence-electron chi connectivity index (χ0n) is 23.8. The Labute approximate surface area is 221 Å². The molecule has 1 aromatic rings. The first kappa shape index (κ1) is 31.9. The number of aryl methyl sites for hydroxylation is 1. The van der Waals surface area contributed by atoms with Crippen molar-refractivity contribution in [1.82, 2.24) is 15.5 Å². The van der Waals surface area contributed by atoms with Crippen LogP contribution in [0.5, 0.6) is 0 Å². The predicted octanol–water partition coefficient (Wildman–Crippen LogP) is 4.28. The van der Waals surface area contributed by atoms with Crippen LogP contribution in [0.25, 0.3) is 0 Å². The van der Waals surface area contributed by atoms with Gasteiger partial charge in [-0.15, -0.1) is 0 Å². The zero-order chi connectivity index (χ0) is 28.3. The van der Waals surface area contributed by atoms with E-state index in [-0.39, 0.29) is 37.4 Å². The second-order valence-electron chi connectivity index (χ2n) is 10.8. The van der Waals surface area contributed by atoms with E-state index in [4.69, 9.17) is 9.47 Å². The van der Waals surface area contributed by atoms with Gasteiger partial charge >= 0.3 is 12.1 Å². The fourth-order valence-electron chi connectivity index (χ4n) is 3.93. The van der Waals surface area contributed by atoms with E-state index < -0.39 is 35.7 Å². The Morgan fingerprint density at radius 1 is 1.03 bits per heavy atom. The van der Waals surface area contributed by atoms with Gasteiger partial charge in [-0.3, -0.25) is 14.4 Å². The predicted molar refractivity (Wildman–Crippen MR) is 143 cm³/mol. The highest BCUT2D eigenvalue weighted by atomic mass is 16.6. The average Bonchev–Trinajstić information content (AvgIpc) is 2.75. The molecule has 1 rings (SSSR count). The highest BCUT2D eigenvalue weighted by molar-refractivity contribution is 5.92. The summed E-state index contributed by atoms with van der Waals surface area (Å²) in [6.07, 6.45) is -0.306. The average molecular weight is 520 g/mol. The Morgan fingerprint density at radius 3 is 2.16 bits per heavy atom. The number of hydrogen-bond acceptors (Lipinski definition) is 6. The van der Waals surface area contributed by atoms with Crippen LogP contribution in [0.2, 0.25) is 0 Å². The minimum absolute atomic E-state index is 0.0197. The molecule has 1 aromatic carbocycles. The van der Waals surface area contributed by atoms with Gasteiger partial charge in [0.25, 0.3) is 0 Å². The van der Waals surface area contributed by atoms with E-state index >= 15 is 0 Å². The molecule has 9 heteroatoms. The molecule has 2 unspecified atom stereocenters. The first-order valence-corrected chi connectivity index (χ1v) is 13.0. The fraction of sp³-hybridized carbons (Fsp3) is 0.643. The van der Waals surface area contributed by atoms with Gasteiger partial charge in [0.2, 0.25) is 11.8 Å². The molecule has 0 saturated heterocycles. The van der Waals surface area contributed by atoms with E-state index in [9.17, 15) is 19.2 Å². The normalized spacial score (nSPS) is 13.1. The van der Waals surface area contributed by atoms with Crippen molar-refractivity contribution in [2.24, 2.45) is 5.92 Å². The second kappa shape index (κ2) is 14.6. The Bertz CT molecular complexity index is 923. The van der Waals surface area contributed by atoms with E-state index in [1.807, 2.05) is 58.9 Å². The smallest absolute Gasteiger partial charge is 0.408 e. The Balaban J connectivity index is 3.38. The number of carbonyl (C=O) groups excluding carboxylic acids is 4. The van der Waals surface area contributed by atoms with Crippen LogP contribution in [0, 0.1) is 12.8 Å². The third-order valence-electron chi connectivity index (χ3n) is 5.45. The minimum Gasteiger partial charge on any atom is -0.466 e. The van der Waals surface area contributed by atoms with Crippen LogP contribution in [-0.4, -0.2) is 59.6 Å². The number of esters is 1. The van der Waals surface area contributed by atoms with E-state index in [0.29, 0.717) is 12.0 Å². The van der Waals surface area contributed by atoms with Gasteiger partial charge in [0.1, 0.15) is 17.7 Å². The minimum atomic E-state index is -0.967. The highest BCUT2D eigenvalue weighted by Gasteiger charge is 2.38. The van der Waals surface area contributed by atoms with Crippen molar-refractivity contribution in [1.29, 1.82) is 0 Å². The third kappa shape index (κ3) is 10.8. The number of rotatable bonds is 12. The van der Waals surface area contributed by atoms with Gasteiger partial charge in [0.15, 0.2) is 0 Å². The number of nitrogens with one attached hydrogen (secondary N) is 2. The summed E-state index contributed by atoms with van der Waals surface area (Å²) in [7, 11) is 0. The van der Waals surface area contributed by atoms with Gasteiger partial charge in [-0.1, -0.05) is 38.1 Å². The molecule has 0 radical (unpaired) electrons. The monoisotopic (exact) mass is 519 g/mol. The molecule has 0 fully saturated rings. The summed E-state index contributed by atoms with van der Waals surface area (Å²) in [6, 6.07) is 5.13. The van der Waals surface area contributed by atoms with Gasteiger partial charge in [-0.05, 0) is 71.9 Å². The molecule has 0 aliphatic rings. The molecular weight excluding hydrogens is 474 g/mol. The largest absolute Gasteiger partial charge is 0.466 e. The lowest BCUT2D eigenvalue weighted by Gasteiger charge is -2.38. The van der Waals surface area contributed by atoms with Crippen LogP contribution in [0.4, 0.5) is 4.79 Å². The van der Waals surface area contributed by atoms with E-state index in [2.05, 4.69) is 10.6 Å². The van der Waals surface area contributed by atoms with Crippen LogP contribution < -0.4 is 10.6 Å². The summed E-state index contributed by atoms with van der Waals surface area (Å²) in [6.45, 7) is 16.8. The molecule has 208 valence electrons. The van der Waals surface area contributed by atoms with Crippen molar-refractivity contribution in [2.75, 3.05) is 13.2 Å². The molecule has 0 heterocycles. The van der Waals surface area contributed by atoms with Gasteiger partial charge in [0, 0.05) is 12.6 Å². The summed E-state index contributed by atoms with van der Waals surface area (Å²) >= 11 is 0. The molecule has 2 atom stereocenters. The quantitative estimate of drug-likeness (QED) is 0.399. The van der Waals surface area contributed by atoms with Crippen molar-refractivity contribution in [3.05, 3.63) is 35.4 Å². The maximum Gasteiger partial charge on any atom is 0.408 e. The maximum atomic E-state index is 14.0. The molecule has 0 aliphatic carbocycles. The lowest BCUT2D eigenvalue weighted by molar-refractivity contribution is -0.146. The number of benzene rings is 1. The number of carbonyl (C=O) groups is 4. The van der Waals surface area contributed by atoms with Crippen LogP contribution in [-0.2, 0) is 23.9 Å². The van der Waals surface area contributed by atoms with Gasteiger partial charge in [0.05, 0.1) is 13.0 Å². The van der Waals surface area contributed by atoms with Gasteiger partial charge < -0.3 is 25.0 Å². The lowest BCUT2D eigenvalue weighted by atomic mass is 9.95. The Morgan fingerprint density at radius 2 is 1.65 bits per heavy atom. The topological polar surface area (TPSA) is 114 Å². The first-order chi connectivity index (χ1) is 17.2. The molecule has 3 amide bonds. The van der Waals surface area contributed by atoms with Crippen LogP contribution >= 0.6 is 0 Å². The molecule has 0 spiro atoms. The standard InChI is InChI=1S/C28H45N3O6/c1-10-36-23(32)15-16-29-25(33)24(21-14-12-11-13-20(21)6)31(19(4)5)26(34)22(17-18(2)3)30-27(35)37-28(7,8)9/h11-14,18-19,22,24H,10,15-17H2,1-9H3,(H,29,33)(H,30,35). The van der Waals surface area contributed by atoms with Crippen molar-refractivity contribution < 1.29 is 28.7 Å². The summed E-state index contributed by atoms with van der Waals surface area (Å²) < 4.78 is 10.3. The lowest BCUT2D eigenvalue weighted by Crippen LogP contribution is -2.55. The molecule has 0 saturated carbocycles. The van der Waals surface area contributed by atoms with E-state index in [1.165, 1.54) is 4.90 Å². The van der Waals surface area contributed by atoms with E-state index in [0.717, 1.165) is 5.56 Å². The molecule has 9 nitrogen and oxygen atoms in total. The molecule has 0 aliphatic heterocycles. The molecule has 2 N–H and O–H groups in total. The summed E-state index contributed by atoms with van der Waals surface area (Å²) in [4.78, 5) is 53.5. The number of nitrogens with zero attached hydrogens (tertiary/aromatic N) is 1. The Kier molecular flexibility index (Phi) is 12.6. The van der Waals surface area contributed by atoms with Crippen LogP contribution in [0.1, 0.15) is 85.4 Å².